The lowest BCUT2D eigenvalue weighted by Crippen LogP contribution is -2.57. The summed E-state index contributed by atoms with van der Waals surface area (Å²) in [4.78, 5) is 12.0. The highest BCUT2D eigenvalue weighted by molar-refractivity contribution is 5.75. The van der Waals surface area contributed by atoms with E-state index in [0.717, 1.165) is 0 Å². The van der Waals surface area contributed by atoms with E-state index in [4.69, 9.17) is 9.47 Å². The maximum absolute atomic E-state index is 14.5. The van der Waals surface area contributed by atoms with Crippen LogP contribution in [0.5, 0.6) is 5.75 Å². The summed E-state index contributed by atoms with van der Waals surface area (Å²) in [7, 11) is 0. The molecular weight excluding hydrogens is 464 g/mol. The fourth-order valence-electron chi connectivity index (χ4n) is 3.35. The molecule has 3 rings (SSSR count). The summed E-state index contributed by atoms with van der Waals surface area (Å²) in [5.41, 5.74) is -2.29. The van der Waals surface area contributed by atoms with Crippen LogP contribution in [0.15, 0.2) is 54.6 Å². The predicted molar refractivity (Wildman–Crippen MR) is 112 cm³/mol. The maximum atomic E-state index is 14.5. The van der Waals surface area contributed by atoms with Crippen molar-refractivity contribution in [2.45, 2.75) is 50.1 Å². The lowest BCUT2D eigenvalue weighted by atomic mass is 9.89. The Morgan fingerprint density at radius 3 is 2.15 bits per heavy atom. The van der Waals surface area contributed by atoms with Crippen molar-refractivity contribution >= 4 is 5.97 Å². The fraction of sp³-hybridized carbons (Fsp3) is 0.458. The van der Waals surface area contributed by atoms with Gasteiger partial charge in [0.2, 0.25) is 0 Å². The summed E-state index contributed by atoms with van der Waals surface area (Å²) in [5, 5.41) is 2.54. The molecule has 186 valence electrons. The van der Waals surface area contributed by atoms with E-state index < -0.39 is 36.9 Å². The molecule has 1 N–H and O–H groups in total. The van der Waals surface area contributed by atoms with Gasteiger partial charge in [0.25, 0.3) is 0 Å². The Kier molecular flexibility index (Phi) is 8.12. The molecule has 10 heteroatoms. The van der Waals surface area contributed by atoms with Crippen molar-refractivity contribution in [1.29, 1.82) is 0 Å². The molecule has 2 aromatic rings. The molecule has 0 spiro atoms. The lowest BCUT2D eigenvalue weighted by molar-refractivity contribution is -0.217. The number of benzene rings is 2. The van der Waals surface area contributed by atoms with Crippen LogP contribution in [0.2, 0.25) is 0 Å². The van der Waals surface area contributed by atoms with Crippen molar-refractivity contribution in [1.82, 2.24) is 5.32 Å². The zero-order chi connectivity index (χ0) is 24.8. The fourth-order valence-corrected chi connectivity index (χ4v) is 3.35. The number of rotatable bonds is 11. The predicted octanol–water partition coefficient (Wildman–Crippen LogP) is 5.91. The number of hydrogen-bond acceptors (Lipinski definition) is 4. The molecule has 1 atom stereocenters. The van der Waals surface area contributed by atoms with E-state index in [1.807, 2.05) is 0 Å². The number of hydrogen-bond donors (Lipinski definition) is 1. The van der Waals surface area contributed by atoms with Crippen molar-refractivity contribution in [2.75, 3.05) is 13.2 Å². The molecule has 1 aliphatic carbocycles. The molecule has 4 nitrogen and oxygen atoms in total. The Balaban J connectivity index is 1.79. The number of halogens is 6. The van der Waals surface area contributed by atoms with Crippen LogP contribution in [0.4, 0.5) is 26.3 Å². The monoisotopic (exact) mass is 489 g/mol. The number of carbonyl (C=O) groups excluding carboxylic acids is 1. The molecule has 0 heterocycles. The van der Waals surface area contributed by atoms with Gasteiger partial charge in [-0.05, 0) is 42.5 Å². The Morgan fingerprint density at radius 1 is 0.941 bits per heavy atom. The first-order chi connectivity index (χ1) is 16.0. The Hall–Kier alpha value is -2.75. The molecule has 1 saturated carbocycles. The van der Waals surface area contributed by atoms with Gasteiger partial charge in [-0.1, -0.05) is 42.5 Å². The molecule has 0 bridgehead atoms. The van der Waals surface area contributed by atoms with E-state index in [0.29, 0.717) is 18.4 Å². The minimum Gasteiger partial charge on any atom is -0.494 e. The molecule has 0 saturated heterocycles. The van der Waals surface area contributed by atoms with E-state index in [2.05, 4.69) is 5.32 Å². The van der Waals surface area contributed by atoms with E-state index in [9.17, 15) is 31.1 Å². The Bertz CT molecular complexity index is 926. The van der Waals surface area contributed by atoms with Crippen molar-refractivity contribution in [2.24, 2.45) is 5.92 Å². The highest BCUT2D eigenvalue weighted by Crippen LogP contribution is 2.41. The molecule has 1 aliphatic rings. The van der Waals surface area contributed by atoms with Gasteiger partial charge in [0, 0.05) is 13.0 Å². The average Bonchev–Trinajstić information content (AvgIpc) is 3.62. The largest absolute Gasteiger partial charge is 0.494 e. The second-order valence-corrected chi connectivity index (χ2v) is 8.22. The number of ether oxygens (including phenoxy) is 2. The summed E-state index contributed by atoms with van der Waals surface area (Å²) >= 11 is 0. The molecule has 0 aliphatic heterocycles. The highest BCUT2D eigenvalue weighted by Gasteiger charge is 2.57. The Labute approximate surface area is 193 Å². The number of esters is 1. The van der Waals surface area contributed by atoms with Gasteiger partial charge in [-0.3, -0.25) is 10.1 Å². The zero-order valence-corrected chi connectivity index (χ0v) is 18.2. The van der Waals surface area contributed by atoms with Crippen LogP contribution in [0.3, 0.4) is 0 Å². The minimum atomic E-state index is -4.83. The van der Waals surface area contributed by atoms with E-state index in [1.165, 1.54) is 24.3 Å². The smallest absolute Gasteiger partial charge is 0.414 e. The van der Waals surface area contributed by atoms with Gasteiger partial charge in [0.1, 0.15) is 12.4 Å². The Morgan fingerprint density at radius 2 is 1.59 bits per heavy atom. The average molecular weight is 489 g/mol. The SMILES string of the molecule is O=C(OCC(NCc1ccccc1)(c1ccc(OCCCC(F)(F)F)cc1)C(F)(F)F)C1CC1. The van der Waals surface area contributed by atoms with Crippen LogP contribution in [-0.2, 0) is 21.6 Å². The quantitative estimate of drug-likeness (QED) is 0.242. The molecule has 34 heavy (non-hydrogen) atoms. The molecule has 1 fully saturated rings. The third-order valence-electron chi connectivity index (χ3n) is 5.48. The van der Waals surface area contributed by atoms with Crippen LogP contribution in [0, 0.1) is 5.92 Å². The zero-order valence-electron chi connectivity index (χ0n) is 18.2. The van der Waals surface area contributed by atoms with Gasteiger partial charge in [-0.2, -0.15) is 26.3 Å². The minimum absolute atomic E-state index is 0.139. The lowest BCUT2D eigenvalue weighted by Gasteiger charge is -2.37. The summed E-state index contributed by atoms with van der Waals surface area (Å²) in [6.45, 7) is -1.32. The van der Waals surface area contributed by atoms with Crippen LogP contribution in [0.25, 0.3) is 0 Å². The first-order valence-corrected chi connectivity index (χ1v) is 10.8. The van der Waals surface area contributed by atoms with Gasteiger partial charge < -0.3 is 9.47 Å². The van der Waals surface area contributed by atoms with Crippen LogP contribution in [0.1, 0.15) is 36.8 Å². The molecule has 1 unspecified atom stereocenters. The van der Waals surface area contributed by atoms with Gasteiger partial charge in [0.05, 0.1) is 12.5 Å². The first-order valence-electron chi connectivity index (χ1n) is 10.8. The number of carbonyl (C=O) groups is 1. The third kappa shape index (κ3) is 7.12. The third-order valence-corrected chi connectivity index (χ3v) is 5.48. The standard InChI is InChI=1S/C24H25F6NO3/c25-23(26,27)13-4-14-33-20-11-9-19(10-12-20)22(24(28,29)30,16-34-21(32)18-7-8-18)31-15-17-5-2-1-3-6-17/h1-3,5-6,9-12,18,31H,4,7-8,13-16H2. The van der Waals surface area contributed by atoms with Crippen molar-refractivity contribution in [3.8, 4) is 5.75 Å². The summed E-state index contributed by atoms with van der Waals surface area (Å²) in [5.74, 6) is -0.896. The first kappa shape index (κ1) is 25.9. The van der Waals surface area contributed by atoms with Gasteiger partial charge >= 0.3 is 18.3 Å². The summed E-state index contributed by atoms with van der Waals surface area (Å²) in [6, 6.07) is 13.3. The second-order valence-electron chi connectivity index (χ2n) is 8.22. The summed E-state index contributed by atoms with van der Waals surface area (Å²) in [6.07, 6.45) is -9.24. The highest BCUT2D eigenvalue weighted by atomic mass is 19.4. The van der Waals surface area contributed by atoms with Crippen molar-refractivity contribution < 1.29 is 40.6 Å². The maximum Gasteiger partial charge on any atom is 0.414 e. The molecular formula is C24H25F6NO3. The van der Waals surface area contributed by atoms with E-state index in [1.54, 1.807) is 30.3 Å². The number of nitrogens with one attached hydrogen (secondary N) is 1. The normalized spacial score (nSPS) is 16.1. The molecule has 0 aromatic heterocycles. The molecule has 2 aromatic carbocycles. The van der Waals surface area contributed by atoms with Crippen LogP contribution < -0.4 is 10.1 Å². The summed E-state index contributed by atoms with van der Waals surface area (Å²) < 4.78 is 90.6. The van der Waals surface area contributed by atoms with Gasteiger partial charge in [0.15, 0.2) is 5.54 Å². The van der Waals surface area contributed by atoms with Crippen molar-refractivity contribution in [3.63, 3.8) is 0 Å². The van der Waals surface area contributed by atoms with Crippen molar-refractivity contribution in [3.05, 3.63) is 65.7 Å². The molecule has 0 radical (unpaired) electrons. The number of alkyl halides is 6. The van der Waals surface area contributed by atoms with Crippen LogP contribution >= 0.6 is 0 Å². The topological polar surface area (TPSA) is 47.6 Å². The molecule has 0 amide bonds. The van der Waals surface area contributed by atoms with Crippen LogP contribution in [-0.4, -0.2) is 31.5 Å². The second kappa shape index (κ2) is 10.7. The van der Waals surface area contributed by atoms with E-state index in [-0.39, 0.29) is 36.8 Å². The van der Waals surface area contributed by atoms with Gasteiger partial charge in [-0.15, -0.1) is 0 Å². The van der Waals surface area contributed by atoms with Gasteiger partial charge in [-0.25, -0.2) is 0 Å². The van der Waals surface area contributed by atoms with E-state index >= 15 is 0 Å².